The number of rotatable bonds is 9. The van der Waals surface area contributed by atoms with Crippen molar-refractivity contribution in [2.24, 2.45) is 4.99 Å². The number of benzene rings is 1. The van der Waals surface area contributed by atoms with E-state index < -0.39 is 10.8 Å². The van der Waals surface area contributed by atoms with Crippen LogP contribution in [0.3, 0.4) is 0 Å². The van der Waals surface area contributed by atoms with E-state index in [1.165, 1.54) is 0 Å². The molecule has 1 aromatic rings. The number of aliphatic imine (C=N–C) groups is 1. The number of nitrogens with zero attached hydrogens (tertiary/aromatic N) is 2. The number of guanidine groups is 1. The predicted octanol–water partition coefficient (Wildman–Crippen LogP) is 1.44. The molecule has 0 bridgehead atoms. The van der Waals surface area contributed by atoms with E-state index in [-0.39, 0.29) is 24.0 Å². The summed E-state index contributed by atoms with van der Waals surface area (Å²) in [5, 5.41) is 6.52. The van der Waals surface area contributed by atoms with Crippen LogP contribution in [0.2, 0.25) is 0 Å². The summed E-state index contributed by atoms with van der Waals surface area (Å²) in [5.74, 6) is 2.02. The molecule has 1 saturated heterocycles. The van der Waals surface area contributed by atoms with E-state index in [1.54, 1.807) is 0 Å². The van der Waals surface area contributed by atoms with Gasteiger partial charge >= 0.3 is 0 Å². The molecular weight excluding hydrogens is 463 g/mol. The summed E-state index contributed by atoms with van der Waals surface area (Å²) in [4.78, 5) is 6.97. The molecule has 1 aromatic carbocycles. The Morgan fingerprint density at radius 2 is 1.96 bits per heavy atom. The van der Waals surface area contributed by atoms with Crippen molar-refractivity contribution < 1.29 is 8.95 Å². The molecule has 0 aliphatic carbocycles. The third-order valence-corrected chi connectivity index (χ3v) is 5.24. The Labute approximate surface area is 176 Å². The summed E-state index contributed by atoms with van der Waals surface area (Å²) < 4.78 is 17.5. The number of morpholine rings is 1. The highest BCUT2D eigenvalue weighted by Gasteiger charge is 2.09. The van der Waals surface area contributed by atoms with Crippen LogP contribution in [-0.2, 0) is 21.3 Å². The Morgan fingerprint density at radius 1 is 1.23 bits per heavy atom. The molecule has 148 valence electrons. The van der Waals surface area contributed by atoms with E-state index in [2.05, 4.69) is 20.5 Å². The quantitative estimate of drug-likeness (QED) is 0.309. The molecule has 8 heteroatoms. The van der Waals surface area contributed by atoms with Crippen molar-refractivity contribution in [1.82, 2.24) is 15.5 Å². The number of nitrogens with one attached hydrogen (secondary N) is 2. The van der Waals surface area contributed by atoms with E-state index in [1.807, 2.05) is 37.3 Å². The van der Waals surface area contributed by atoms with Crippen molar-refractivity contribution in [1.29, 1.82) is 0 Å². The number of ether oxygens (including phenoxy) is 1. The summed E-state index contributed by atoms with van der Waals surface area (Å²) in [5.41, 5.74) is 1.12. The van der Waals surface area contributed by atoms with Gasteiger partial charge in [0, 0.05) is 55.0 Å². The molecule has 1 fully saturated rings. The fraction of sp³-hybridized carbons (Fsp3) is 0.611. The van der Waals surface area contributed by atoms with Crippen LogP contribution < -0.4 is 10.6 Å². The lowest BCUT2D eigenvalue weighted by molar-refractivity contribution is 0.0394. The lowest BCUT2D eigenvalue weighted by atomic mass is 10.2. The molecule has 0 saturated carbocycles. The average molecular weight is 494 g/mol. The van der Waals surface area contributed by atoms with Gasteiger partial charge in [-0.15, -0.1) is 24.0 Å². The molecule has 0 spiro atoms. The molecule has 0 aromatic heterocycles. The summed E-state index contributed by atoms with van der Waals surface area (Å²) in [6, 6.07) is 9.97. The summed E-state index contributed by atoms with van der Waals surface area (Å²) >= 11 is 0. The van der Waals surface area contributed by atoms with Gasteiger partial charge in [0.1, 0.15) is 0 Å². The maximum atomic E-state index is 12.2. The van der Waals surface area contributed by atoms with Gasteiger partial charge in [-0.2, -0.15) is 0 Å². The molecule has 2 rings (SSSR count). The van der Waals surface area contributed by atoms with Crippen LogP contribution in [0, 0.1) is 0 Å². The molecule has 1 aliphatic rings. The first-order chi connectivity index (χ1) is 12.3. The van der Waals surface area contributed by atoms with E-state index >= 15 is 0 Å². The standard InChI is InChI=1S/C18H30N4O2S.HI/c1-2-19-18(20-8-10-22-11-13-24-14-12-22)21-9-15-25(23)16-17-6-4-3-5-7-17;/h3-7H,2,8-16H2,1H3,(H2,19,20,21);1H. The Bertz CT molecular complexity index is 539. The highest BCUT2D eigenvalue weighted by Crippen LogP contribution is 2.02. The largest absolute Gasteiger partial charge is 0.379 e. The summed E-state index contributed by atoms with van der Waals surface area (Å²) in [6.45, 7) is 8.81. The van der Waals surface area contributed by atoms with Gasteiger partial charge < -0.3 is 15.4 Å². The molecule has 1 atom stereocenters. The molecular formula is C18H31IN4O2S. The molecule has 1 heterocycles. The van der Waals surface area contributed by atoms with Crippen LogP contribution >= 0.6 is 24.0 Å². The second-order valence-electron chi connectivity index (χ2n) is 5.92. The highest BCUT2D eigenvalue weighted by molar-refractivity contribution is 14.0. The highest BCUT2D eigenvalue weighted by atomic mass is 127. The normalized spacial score (nSPS) is 16.6. The number of hydrogen-bond donors (Lipinski definition) is 2. The van der Waals surface area contributed by atoms with E-state index in [0.29, 0.717) is 18.1 Å². The topological polar surface area (TPSA) is 66.0 Å². The first-order valence-electron chi connectivity index (χ1n) is 8.99. The van der Waals surface area contributed by atoms with Crippen molar-refractivity contribution in [3.8, 4) is 0 Å². The van der Waals surface area contributed by atoms with Gasteiger partial charge in [0.05, 0.1) is 19.8 Å². The molecule has 26 heavy (non-hydrogen) atoms. The van der Waals surface area contributed by atoms with Gasteiger partial charge in [0.15, 0.2) is 5.96 Å². The van der Waals surface area contributed by atoms with Crippen LogP contribution in [0.4, 0.5) is 0 Å². The van der Waals surface area contributed by atoms with Crippen LogP contribution in [0.1, 0.15) is 12.5 Å². The van der Waals surface area contributed by atoms with Crippen molar-refractivity contribution in [2.45, 2.75) is 12.7 Å². The fourth-order valence-corrected chi connectivity index (χ4v) is 3.62. The van der Waals surface area contributed by atoms with Gasteiger partial charge in [0.25, 0.3) is 0 Å². The minimum Gasteiger partial charge on any atom is -0.379 e. The fourth-order valence-electron chi connectivity index (χ4n) is 2.59. The van der Waals surface area contributed by atoms with E-state index in [0.717, 1.165) is 57.5 Å². The van der Waals surface area contributed by atoms with Gasteiger partial charge in [-0.3, -0.25) is 14.1 Å². The minimum absolute atomic E-state index is 0. The second kappa shape index (κ2) is 14.4. The summed E-state index contributed by atoms with van der Waals surface area (Å²) in [7, 11) is -0.868. The van der Waals surface area contributed by atoms with E-state index in [9.17, 15) is 4.21 Å². The minimum atomic E-state index is -0.868. The maximum Gasteiger partial charge on any atom is 0.191 e. The van der Waals surface area contributed by atoms with Gasteiger partial charge in [-0.1, -0.05) is 30.3 Å². The third-order valence-electron chi connectivity index (χ3n) is 3.93. The summed E-state index contributed by atoms with van der Waals surface area (Å²) in [6.07, 6.45) is 0. The Hall–Kier alpha value is -0.710. The van der Waals surface area contributed by atoms with Crippen LogP contribution in [-0.4, -0.2) is 73.3 Å². The van der Waals surface area contributed by atoms with Crippen molar-refractivity contribution in [3.63, 3.8) is 0 Å². The zero-order chi connectivity index (χ0) is 17.7. The molecule has 1 unspecified atom stereocenters. The van der Waals surface area contributed by atoms with Crippen LogP contribution in [0.25, 0.3) is 0 Å². The third kappa shape index (κ3) is 9.84. The zero-order valence-corrected chi connectivity index (χ0v) is 18.6. The SMILES string of the molecule is CCNC(=NCCN1CCOCC1)NCCS(=O)Cc1ccccc1.I. The maximum absolute atomic E-state index is 12.2. The van der Waals surface area contributed by atoms with Gasteiger partial charge in [0.2, 0.25) is 0 Å². The first kappa shape index (κ1) is 23.3. The predicted molar refractivity (Wildman–Crippen MR) is 120 cm³/mol. The first-order valence-corrected chi connectivity index (χ1v) is 10.5. The molecule has 0 amide bonds. The Balaban J connectivity index is 0.00000338. The molecule has 0 radical (unpaired) electrons. The average Bonchev–Trinajstić information content (AvgIpc) is 2.63. The number of hydrogen-bond acceptors (Lipinski definition) is 4. The zero-order valence-electron chi connectivity index (χ0n) is 15.5. The van der Waals surface area contributed by atoms with Gasteiger partial charge in [-0.25, -0.2) is 0 Å². The molecule has 1 aliphatic heterocycles. The molecule has 2 N–H and O–H groups in total. The van der Waals surface area contributed by atoms with Gasteiger partial charge in [-0.05, 0) is 12.5 Å². The van der Waals surface area contributed by atoms with Crippen LogP contribution in [0.15, 0.2) is 35.3 Å². The molecule has 6 nitrogen and oxygen atoms in total. The lowest BCUT2D eigenvalue weighted by Crippen LogP contribution is -2.41. The Kier molecular flexibility index (Phi) is 12.9. The smallest absolute Gasteiger partial charge is 0.191 e. The van der Waals surface area contributed by atoms with E-state index in [4.69, 9.17) is 4.74 Å². The van der Waals surface area contributed by atoms with Crippen molar-refractivity contribution >= 4 is 40.7 Å². The second-order valence-corrected chi connectivity index (χ2v) is 7.49. The van der Waals surface area contributed by atoms with Crippen molar-refractivity contribution in [3.05, 3.63) is 35.9 Å². The Morgan fingerprint density at radius 3 is 2.65 bits per heavy atom. The lowest BCUT2D eigenvalue weighted by Gasteiger charge is -2.25. The van der Waals surface area contributed by atoms with Crippen LogP contribution in [0.5, 0.6) is 0 Å². The number of halogens is 1. The monoisotopic (exact) mass is 494 g/mol. The van der Waals surface area contributed by atoms with Crippen molar-refractivity contribution in [2.75, 3.05) is 58.2 Å².